The lowest BCUT2D eigenvalue weighted by Gasteiger charge is -2.16. The molecule has 196 valence electrons. The summed E-state index contributed by atoms with van der Waals surface area (Å²) in [7, 11) is 0. The lowest BCUT2D eigenvalue weighted by atomic mass is 10.0. The summed E-state index contributed by atoms with van der Waals surface area (Å²) in [6, 6.07) is 10.2. The molecular weight excluding hydrogens is 578 g/mol. The van der Waals surface area contributed by atoms with Gasteiger partial charge in [0.25, 0.3) is 11.8 Å². The van der Waals surface area contributed by atoms with E-state index < -0.39 is 17.7 Å². The highest BCUT2D eigenvalue weighted by Crippen LogP contribution is 2.30. The number of halogens is 3. The highest BCUT2D eigenvalue weighted by molar-refractivity contribution is 9.10. The molecule has 0 bridgehead atoms. The van der Waals surface area contributed by atoms with Crippen LogP contribution in [0.3, 0.4) is 0 Å². The van der Waals surface area contributed by atoms with Crippen LogP contribution < -0.4 is 5.32 Å². The maximum absolute atomic E-state index is 13.4. The van der Waals surface area contributed by atoms with E-state index in [1.165, 1.54) is 41.7 Å². The summed E-state index contributed by atoms with van der Waals surface area (Å²) in [5.41, 5.74) is 2.61. The largest absolute Gasteiger partial charge is 0.338 e. The molecule has 8 nitrogen and oxygen atoms in total. The lowest BCUT2D eigenvalue weighted by Crippen LogP contribution is -2.28. The number of anilines is 1. The van der Waals surface area contributed by atoms with Crippen LogP contribution in [0.5, 0.6) is 0 Å². The number of amides is 2. The molecule has 5 rings (SSSR count). The number of hydrogen-bond acceptors (Lipinski definition) is 6. The molecule has 1 aromatic carbocycles. The Morgan fingerprint density at radius 1 is 1.21 bits per heavy atom. The first-order valence-corrected chi connectivity index (χ1v) is 13.5. The SMILES string of the molecule is Cc1cc(NC(=O)c2cccc(F)c2)sc1C(=O)N1CCC(Cc2cn(Cc3ccc(F)nc3Br)nn2)C1. The second-order valence-electron chi connectivity index (χ2n) is 9.19. The Morgan fingerprint density at radius 2 is 2.05 bits per heavy atom. The topological polar surface area (TPSA) is 93.0 Å². The number of nitrogens with one attached hydrogen (secondary N) is 1. The zero-order chi connectivity index (χ0) is 26.8. The molecule has 1 atom stereocenters. The molecule has 1 aliphatic heterocycles. The number of thiophene rings is 1. The summed E-state index contributed by atoms with van der Waals surface area (Å²) in [5, 5.41) is 11.7. The fourth-order valence-electron chi connectivity index (χ4n) is 4.44. The van der Waals surface area contributed by atoms with Gasteiger partial charge in [0.15, 0.2) is 0 Å². The average molecular weight is 601 g/mol. The molecule has 1 aliphatic rings. The van der Waals surface area contributed by atoms with Gasteiger partial charge >= 0.3 is 0 Å². The van der Waals surface area contributed by atoms with Gasteiger partial charge in [0, 0.05) is 30.4 Å². The van der Waals surface area contributed by atoms with Gasteiger partial charge in [-0.2, -0.15) is 4.39 Å². The quantitative estimate of drug-likeness (QED) is 0.298. The number of benzene rings is 1. The van der Waals surface area contributed by atoms with E-state index in [1.807, 2.05) is 18.0 Å². The second-order valence-corrected chi connectivity index (χ2v) is 11.0. The van der Waals surface area contributed by atoms with Gasteiger partial charge in [-0.25, -0.2) is 14.1 Å². The number of pyridine rings is 1. The molecule has 0 radical (unpaired) electrons. The van der Waals surface area contributed by atoms with Gasteiger partial charge in [-0.05, 0) is 83.6 Å². The number of nitrogens with zero attached hydrogens (tertiary/aromatic N) is 5. The Morgan fingerprint density at radius 3 is 2.84 bits per heavy atom. The Balaban J connectivity index is 1.17. The molecule has 2 amide bonds. The van der Waals surface area contributed by atoms with Crippen molar-refractivity contribution >= 4 is 44.1 Å². The fraction of sp³-hybridized carbons (Fsp3) is 0.269. The lowest BCUT2D eigenvalue weighted by molar-refractivity contribution is 0.0791. The van der Waals surface area contributed by atoms with E-state index >= 15 is 0 Å². The highest BCUT2D eigenvalue weighted by atomic mass is 79.9. The van der Waals surface area contributed by atoms with Crippen molar-refractivity contribution in [1.29, 1.82) is 0 Å². The minimum Gasteiger partial charge on any atom is -0.338 e. The predicted molar refractivity (Wildman–Crippen MR) is 142 cm³/mol. The molecule has 4 heterocycles. The van der Waals surface area contributed by atoms with Crippen molar-refractivity contribution in [3.05, 3.63) is 92.3 Å². The van der Waals surface area contributed by atoms with Crippen molar-refractivity contribution in [1.82, 2.24) is 24.9 Å². The van der Waals surface area contributed by atoms with Crippen molar-refractivity contribution in [3.63, 3.8) is 0 Å². The van der Waals surface area contributed by atoms with Gasteiger partial charge in [0.2, 0.25) is 5.95 Å². The summed E-state index contributed by atoms with van der Waals surface area (Å²) in [6.45, 7) is 3.48. The van der Waals surface area contributed by atoms with Gasteiger partial charge in [-0.3, -0.25) is 9.59 Å². The van der Waals surface area contributed by atoms with Crippen LogP contribution in [0.15, 0.2) is 53.3 Å². The number of likely N-dealkylation sites (tertiary alicyclic amines) is 1. The van der Waals surface area contributed by atoms with Gasteiger partial charge in [-0.15, -0.1) is 16.4 Å². The first kappa shape index (κ1) is 26.1. The Bertz CT molecular complexity index is 1510. The van der Waals surface area contributed by atoms with Crippen LogP contribution >= 0.6 is 27.3 Å². The maximum atomic E-state index is 13.4. The Labute approximate surface area is 229 Å². The summed E-state index contributed by atoms with van der Waals surface area (Å²) in [6.07, 6.45) is 3.39. The van der Waals surface area contributed by atoms with E-state index in [2.05, 4.69) is 36.5 Å². The standard InChI is InChI=1S/C26H23BrF2N6O2S/c1-15-9-22(31-25(36)17-3-2-4-19(28)11-17)38-23(15)26(37)34-8-7-16(12-34)10-20-14-35(33-32-20)13-18-5-6-21(29)30-24(18)27/h2-6,9,11,14,16H,7-8,10,12-13H2,1H3,(H,31,36). The third kappa shape index (κ3) is 5.97. The Kier molecular flexibility index (Phi) is 7.61. The summed E-state index contributed by atoms with van der Waals surface area (Å²) < 4.78 is 28.8. The smallest absolute Gasteiger partial charge is 0.264 e. The Hall–Kier alpha value is -3.51. The van der Waals surface area contributed by atoms with E-state index in [-0.39, 0.29) is 17.4 Å². The van der Waals surface area contributed by atoms with Crippen LogP contribution in [0.1, 0.15) is 43.3 Å². The van der Waals surface area contributed by atoms with E-state index in [9.17, 15) is 18.4 Å². The summed E-state index contributed by atoms with van der Waals surface area (Å²) >= 11 is 4.49. The van der Waals surface area contributed by atoms with Crippen LogP contribution in [-0.2, 0) is 13.0 Å². The molecule has 1 fully saturated rings. The van der Waals surface area contributed by atoms with E-state index in [0.29, 0.717) is 40.5 Å². The maximum Gasteiger partial charge on any atom is 0.264 e. The van der Waals surface area contributed by atoms with E-state index in [1.54, 1.807) is 16.8 Å². The van der Waals surface area contributed by atoms with E-state index in [0.717, 1.165) is 23.2 Å². The number of hydrogen-bond donors (Lipinski definition) is 1. The number of rotatable bonds is 7. The molecule has 4 aromatic rings. The van der Waals surface area contributed by atoms with Crippen molar-refractivity contribution in [3.8, 4) is 0 Å². The van der Waals surface area contributed by atoms with Crippen molar-refractivity contribution in [2.75, 3.05) is 18.4 Å². The molecule has 12 heteroatoms. The molecule has 1 unspecified atom stereocenters. The minimum absolute atomic E-state index is 0.0708. The second kappa shape index (κ2) is 11.1. The number of aromatic nitrogens is 4. The predicted octanol–water partition coefficient (Wildman–Crippen LogP) is 5.09. The molecule has 0 aliphatic carbocycles. The first-order chi connectivity index (χ1) is 18.2. The monoisotopic (exact) mass is 600 g/mol. The van der Waals surface area contributed by atoms with Gasteiger partial charge in [0.1, 0.15) is 10.4 Å². The zero-order valence-corrected chi connectivity index (χ0v) is 22.7. The summed E-state index contributed by atoms with van der Waals surface area (Å²) in [5.74, 6) is -1.29. The molecule has 3 aromatic heterocycles. The van der Waals surface area contributed by atoms with Crippen LogP contribution in [0.4, 0.5) is 13.8 Å². The van der Waals surface area contributed by atoms with Crippen LogP contribution in [0.2, 0.25) is 0 Å². The minimum atomic E-state index is -0.553. The number of carbonyl (C=O) groups excluding carboxylic acids is 2. The third-order valence-electron chi connectivity index (χ3n) is 6.32. The summed E-state index contributed by atoms with van der Waals surface area (Å²) in [4.78, 5) is 31.9. The average Bonchev–Trinajstić information content (AvgIpc) is 3.61. The molecule has 1 N–H and O–H groups in total. The van der Waals surface area contributed by atoms with Crippen molar-refractivity contribution in [2.45, 2.75) is 26.3 Å². The highest BCUT2D eigenvalue weighted by Gasteiger charge is 2.29. The van der Waals surface area contributed by atoms with Crippen molar-refractivity contribution in [2.24, 2.45) is 5.92 Å². The number of carbonyl (C=O) groups is 2. The molecule has 0 saturated carbocycles. The van der Waals surface area contributed by atoms with Gasteiger partial charge in [-0.1, -0.05) is 11.3 Å². The first-order valence-electron chi connectivity index (χ1n) is 11.9. The van der Waals surface area contributed by atoms with Crippen LogP contribution in [0.25, 0.3) is 0 Å². The zero-order valence-electron chi connectivity index (χ0n) is 20.3. The molecule has 1 saturated heterocycles. The third-order valence-corrected chi connectivity index (χ3v) is 8.14. The fourth-order valence-corrected chi connectivity index (χ4v) is 5.90. The van der Waals surface area contributed by atoms with Crippen LogP contribution in [0, 0.1) is 24.6 Å². The van der Waals surface area contributed by atoms with Gasteiger partial charge < -0.3 is 10.2 Å². The van der Waals surface area contributed by atoms with Crippen LogP contribution in [-0.4, -0.2) is 49.8 Å². The normalized spacial score (nSPS) is 15.2. The van der Waals surface area contributed by atoms with Crippen molar-refractivity contribution < 1.29 is 18.4 Å². The molecule has 38 heavy (non-hydrogen) atoms. The number of aryl methyl sites for hydroxylation is 1. The molecule has 0 spiro atoms. The molecular formula is C26H23BrF2N6O2S. The van der Waals surface area contributed by atoms with E-state index in [4.69, 9.17) is 0 Å². The van der Waals surface area contributed by atoms with Gasteiger partial charge in [0.05, 0.1) is 22.1 Å².